The molecule has 2 heterocycles. The van der Waals surface area contributed by atoms with Gasteiger partial charge in [0.15, 0.2) is 5.57 Å². The lowest BCUT2D eigenvalue weighted by Gasteiger charge is -2.02. The molecule has 0 amide bonds. The number of nitriles is 1. The number of carbonyl (C=O) groups excluding carboxylic acids is 1. The molecule has 8 heteroatoms. The molecule has 0 aromatic carbocycles. The molecule has 0 bridgehead atoms. The Hall–Kier alpha value is -2.92. The van der Waals surface area contributed by atoms with Gasteiger partial charge < -0.3 is 10.1 Å². The maximum absolute atomic E-state index is 12.6. The quantitative estimate of drug-likeness (QED) is 0.788. The van der Waals surface area contributed by atoms with Crippen molar-refractivity contribution < 1.29 is 9.53 Å². The van der Waals surface area contributed by atoms with E-state index in [-0.39, 0.29) is 17.7 Å². The molecule has 0 aliphatic heterocycles. The highest BCUT2D eigenvalue weighted by atomic mass is 32.1. The van der Waals surface area contributed by atoms with E-state index in [1.165, 1.54) is 4.57 Å². The van der Waals surface area contributed by atoms with Gasteiger partial charge in [-0.15, -0.1) is 11.3 Å². The van der Waals surface area contributed by atoms with Crippen LogP contribution < -0.4 is 20.1 Å². The van der Waals surface area contributed by atoms with Crippen LogP contribution in [0.25, 0.3) is 11.8 Å². The second-order valence-corrected chi connectivity index (χ2v) is 6.52. The molecule has 0 aliphatic rings. The van der Waals surface area contributed by atoms with Crippen LogP contribution in [-0.2, 0) is 16.1 Å². The Labute approximate surface area is 154 Å². The van der Waals surface area contributed by atoms with E-state index >= 15 is 0 Å². The van der Waals surface area contributed by atoms with E-state index in [2.05, 4.69) is 10.3 Å². The van der Waals surface area contributed by atoms with E-state index in [9.17, 15) is 14.9 Å². The molecule has 2 aromatic rings. The summed E-state index contributed by atoms with van der Waals surface area (Å²) in [5.41, 5.74) is 1.47. The Kier molecular flexibility index (Phi) is 6.31. The number of esters is 1. The summed E-state index contributed by atoms with van der Waals surface area (Å²) in [7, 11) is 0. The smallest absolute Gasteiger partial charge is 0.351 e. The minimum Gasteiger partial charge on any atom is -0.462 e. The standard InChI is InChI=1S/C18H20N4O3S/c1-5-22-16(23)14(10-20-15-8-11(3)7-12(4)21-15)26-17(22)13(9-19)18(24)25-6-2/h7-8,10H,5-6H2,1-4H3,(H,20,21). The van der Waals surface area contributed by atoms with Crippen LogP contribution in [0, 0.1) is 25.2 Å². The summed E-state index contributed by atoms with van der Waals surface area (Å²) in [4.78, 5) is 28.9. The number of carbonyl (C=O) groups is 1. The van der Waals surface area contributed by atoms with Gasteiger partial charge in [0.25, 0.3) is 5.56 Å². The van der Waals surface area contributed by atoms with E-state index < -0.39 is 5.97 Å². The lowest BCUT2D eigenvalue weighted by Crippen LogP contribution is -2.32. The van der Waals surface area contributed by atoms with Crippen LogP contribution in [0.15, 0.2) is 16.9 Å². The van der Waals surface area contributed by atoms with Gasteiger partial charge in [-0.25, -0.2) is 9.78 Å². The minimum atomic E-state index is -0.728. The first-order valence-electron chi connectivity index (χ1n) is 8.14. The van der Waals surface area contributed by atoms with Crippen molar-refractivity contribution in [2.24, 2.45) is 0 Å². The van der Waals surface area contributed by atoms with Crippen molar-refractivity contribution in [1.82, 2.24) is 9.55 Å². The van der Waals surface area contributed by atoms with E-state index in [1.807, 2.05) is 32.0 Å². The fourth-order valence-electron chi connectivity index (χ4n) is 2.43. The van der Waals surface area contributed by atoms with Crippen LogP contribution in [0.4, 0.5) is 5.82 Å². The average molecular weight is 372 g/mol. The van der Waals surface area contributed by atoms with Gasteiger partial charge in [-0.05, 0) is 45.4 Å². The molecule has 0 fully saturated rings. The van der Waals surface area contributed by atoms with Gasteiger partial charge in [-0.2, -0.15) is 5.26 Å². The fourth-order valence-corrected chi connectivity index (χ4v) is 3.51. The number of nitrogens with one attached hydrogen (secondary N) is 1. The Morgan fingerprint density at radius 2 is 2.15 bits per heavy atom. The molecular formula is C18H20N4O3S. The summed E-state index contributed by atoms with van der Waals surface area (Å²) in [6.07, 6.45) is 1.55. The van der Waals surface area contributed by atoms with Crippen LogP contribution in [0.5, 0.6) is 0 Å². The Morgan fingerprint density at radius 1 is 1.42 bits per heavy atom. The van der Waals surface area contributed by atoms with Gasteiger partial charge in [0.2, 0.25) is 0 Å². The zero-order valence-electron chi connectivity index (χ0n) is 15.1. The number of hydrogen-bond donors (Lipinski definition) is 1. The summed E-state index contributed by atoms with van der Waals surface area (Å²) in [6.45, 7) is 7.78. The normalized spacial score (nSPS) is 12.5. The van der Waals surface area contributed by atoms with Crippen molar-refractivity contribution in [3.8, 4) is 6.07 Å². The highest BCUT2D eigenvalue weighted by Gasteiger charge is 2.16. The van der Waals surface area contributed by atoms with Crippen molar-refractivity contribution in [2.45, 2.75) is 34.2 Å². The predicted octanol–water partition coefficient (Wildman–Crippen LogP) is 1.03. The van der Waals surface area contributed by atoms with Crippen LogP contribution in [-0.4, -0.2) is 22.1 Å². The van der Waals surface area contributed by atoms with E-state index in [4.69, 9.17) is 4.74 Å². The molecule has 0 spiro atoms. The van der Waals surface area contributed by atoms with Crippen LogP contribution >= 0.6 is 11.3 Å². The maximum atomic E-state index is 12.6. The predicted molar refractivity (Wildman–Crippen MR) is 101 cm³/mol. The highest BCUT2D eigenvalue weighted by molar-refractivity contribution is 7.07. The molecule has 1 N–H and O–H groups in total. The summed E-state index contributed by atoms with van der Waals surface area (Å²) in [5, 5.41) is 12.3. The first-order valence-corrected chi connectivity index (χ1v) is 8.96. The summed E-state index contributed by atoms with van der Waals surface area (Å²) in [5.74, 6) is -0.108. The molecule has 0 aliphatic carbocycles. The largest absolute Gasteiger partial charge is 0.462 e. The third-order valence-corrected chi connectivity index (χ3v) is 4.61. The first kappa shape index (κ1) is 19.4. The van der Waals surface area contributed by atoms with Crippen molar-refractivity contribution in [3.05, 3.63) is 42.9 Å². The number of thiazole rings is 1. The number of nitrogens with zero attached hydrogens (tertiary/aromatic N) is 3. The Bertz CT molecular complexity index is 1020. The van der Waals surface area contributed by atoms with Crippen molar-refractivity contribution in [3.63, 3.8) is 0 Å². The molecule has 0 radical (unpaired) electrons. The van der Waals surface area contributed by atoms with Crippen molar-refractivity contribution in [1.29, 1.82) is 5.26 Å². The SMILES string of the molecule is CCOC(=O)C(C#N)=c1sc(=CNc2cc(C)cc(C)n2)c(=O)n1CC. The van der Waals surface area contributed by atoms with Gasteiger partial charge >= 0.3 is 5.97 Å². The van der Waals surface area contributed by atoms with E-state index in [0.29, 0.717) is 21.6 Å². The molecule has 0 unspecified atom stereocenters. The summed E-state index contributed by atoms with van der Waals surface area (Å²) in [6, 6.07) is 5.67. The van der Waals surface area contributed by atoms with Crippen molar-refractivity contribution >= 4 is 34.9 Å². The molecule has 7 nitrogen and oxygen atoms in total. The maximum Gasteiger partial charge on any atom is 0.351 e. The molecule has 136 valence electrons. The molecule has 0 saturated carbocycles. The topological polar surface area (TPSA) is 97.0 Å². The number of pyridine rings is 1. The number of aromatic nitrogens is 2. The van der Waals surface area contributed by atoms with E-state index in [1.54, 1.807) is 20.0 Å². The lowest BCUT2D eigenvalue weighted by molar-refractivity contribution is -0.136. The molecule has 0 atom stereocenters. The lowest BCUT2D eigenvalue weighted by atomic mass is 10.2. The first-order chi connectivity index (χ1) is 12.4. The number of hydrogen-bond acceptors (Lipinski definition) is 7. The van der Waals surface area contributed by atoms with Gasteiger partial charge in [-0.1, -0.05) is 0 Å². The number of ether oxygens (including phenoxy) is 1. The van der Waals surface area contributed by atoms with Gasteiger partial charge in [0.05, 0.1) is 6.61 Å². The monoisotopic (exact) mass is 372 g/mol. The zero-order chi connectivity index (χ0) is 19.3. The number of rotatable bonds is 5. The van der Waals surface area contributed by atoms with Gasteiger partial charge in [-0.3, -0.25) is 9.36 Å². The van der Waals surface area contributed by atoms with Crippen LogP contribution in [0.2, 0.25) is 0 Å². The average Bonchev–Trinajstić information content (AvgIpc) is 2.89. The van der Waals surface area contributed by atoms with Crippen LogP contribution in [0.1, 0.15) is 25.1 Å². The minimum absolute atomic E-state index is 0.157. The zero-order valence-corrected chi connectivity index (χ0v) is 15.9. The second-order valence-electron chi connectivity index (χ2n) is 5.49. The van der Waals surface area contributed by atoms with Crippen LogP contribution in [0.3, 0.4) is 0 Å². The van der Waals surface area contributed by atoms with E-state index in [0.717, 1.165) is 22.6 Å². The third kappa shape index (κ3) is 4.18. The summed E-state index contributed by atoms with van der Waals surface area (Å²) < 4.78 is 6.97. The van der Waals surface area contributed by atoms with Gasteiger partial charge in [0, 0.05) is 18.4 Å². The van der Waals surface area contributed by atoms with Gasteiger partial charge in [0.1, 0.15) is 21.1 Å². The molecule has 2 rings (SSSR count). The van der Waals surface area contributed by atoms with Crippen molar-refractivity contribution in [2.75, 3.05) is 11.9 Å². The number of aryl methyl sites for hydroxylation is 2. The number of anilines is 1. The molecule has 0 saturated heterocycles. The third-order valence-electron chi connectivity index (χ3n) is 3.48. The second kappa shape index (κ2) is 8.45. The summed E-state index contributed by atoms with van der Waals surface area (Å²) >= 11 is 1.07. The fraction of sp³-hybridized carbons (Fsp3) is 0.333. The highest BCUT2D eigenvalue weighted by Crippen LogP contribution is 2.08. The Balaban J connectivity index is 2.59. The molecule has 2 aromatic heterocycles. The molecule has 26 heavy (non-hydrogen) atoms. The molecular weight excluding hydrogens is 352 g/mol. The Morgan fingerprint density at radius 3 is 2.73 bits per heavy atom.